The molecule has 2 aromatic heterocycles. The maximum Gasteiger partial charge on any atom is 0.335 e. The topological polar surface area (TPSA) is 131 Å². The molecule has 0 bridgehead atoms. The van der Waals surface area contributed by atoms with Gasteiger partial charge in [0.05, 0.1) is 29.7 Å². The molecule has 0 radical (unpaired) electrons. The fourth-order valence-electron chi connectivity index (χ4n) is 5.27. The van der Waals surface area contributed by atoms with Gasteiger partial charge in [-0.1, -0.05) is 49.4 Å². The number of fused-ring (bicyclic) bond motifs is 1. The zero-order valence-corrected chi connectivity index (χ0v) is 21.9. The number of benzene rings is 2. The summed E-state index contributed by atoms with van der Waals surface area (Å²) in [5.41, 5.74) is 1.32. The highest BCUT2D eigenvalue weighted by molar-refractivity contribution is 5.93. The second-order valence-corrected chi connectivity index (χ2v) is 10.4. The van der Waals surface area contributed by atoms with E-state index in [4.69, 9.17) is 0 Å². The lowest BCUT2D eigenvalue weighted by molar-refractivity contribution is -0.136. The number of aliphatic hydroxyl groups is 1. The van der Waals surface area contributed by atoms with Crippen molar-refractivity contribution in [2.24, 2.45) is 7.05 Å². The van der Waals surface area contributed by atoms with E-state index in [1.807, 2.05) is 37.3 Å². The fourth-order valence-corrected chi connectivity index (χ4v) is 5.27. The standard InChI is InChI=1S/C29H31N5O5/c1-19(20-7-4-3-5-8-20)15-23(35)33-13-11-29(39,12-14-33)17-34-18-30-24-25(27(34)36)31-32(2)26(24)21-9-6-10-22(16-21)28(37)38/h3-10,16,18-19,39H,11-15,17H2,1-2H3,(H,37,38)/t19-/m1/s1. The van der Waals surface area contributed by atoms with Gasteiger partial charge in [-0.2, -0.15) is 5.10 Å². The van der Waals surface area contributed by atoms with Gasteiger partial charge in [-0.25, -0.2) is 9.78 Å². The molecule has 3 heterocycles. The predicted octanol–water partition coefficient (Wildman–Crippen LogP) is 3.04. The minimum Gasteiger partial charge on any atom is -0.478 e. The highest BCUT2D eigenvalue weighted by atomic mass is 16.4. The normalized spacial score (nSPS) is 15.8. The van der Waals surface area contributed by atoms with Gasteiger partial charge in [0.1, 0.15) is 5.52 Å². The van der Waals surface area contributed by atoms with Crippen LogP contribution in [0.15, 0.2) is 65.7 Å². The molecule has 10 nitrogen and oxygen atoms in total. The Kier molecular flexibility index (Phi) is 7.05. The SMILES string of the molecule is C[C@H](CC(=O)N1CCC(O)(Cn2cnc3c(-c4cccc(C(=O)O)c4)n(C)nc3c2=O)CC1)c1ccccc1. The van der Waals surface area contributed by atoms with Crippen molar-refractivity contribution in [2.45, 2.75) is 44.2 Å². The molecule has 1 aliphatic heterocycles. The number of aromatic carboxylic acids is 1. The van der Waals surface area contributed by atoms with E-state index in [9.17, 15) is 24.6 Å². The number of aromatic nitrogens is 4. The molecule has 1 amide bonds. The van der Waals surface area contributed by atoms with Gasteiger partial charge in [0.25, 0.3) is 5.56 Å². The lowest BCUT2D eigenvalue weighted by Gasteiger charge is -2.38. The maximum absolute atomic E-state index is 13.3. The first kappa shape index (κ1) is 26.3. The summed E-state index contributed by atoms with van der Waals surface area (Å²) >= 11 is 0. The second kappa shape index (κ2) is 10.5. The van der Waals surface area contributed by atoms with Crippen LogP contribution in [0.2, 0.25) is 0 Å². The Morgan fingerprint density at radius 1 is 1.05 bits per heavy atom. The summed E-state index contributed by atoms with van der Waals surface area (Å²) in [5, 5.41) is 25.0. The molecule has 0 unspecified atom stereocenters. The number of rotatable bonds is 7. The van der Waals surface area contributed by atoms with Crippen molar-refractivity contribution < 1.29 is 19.8 Å². The minimum atomic E-state index is -1.16. The summed E-state index contributed by atoms with van der Waals surface area (Å²) < 4.78 is 2.88. The first-order valence-electron chi connectivity index (χ1n) is 13.0. The molecule has 1 saturated heterocycles. The van der Waals surface area contributed by atoms with Crippen LogP contribution in [0, 0.1) is 0 Å². The van der Waals surface area contributed by atoms with Crippen LogP contribution in [0.4, 0.5) is 0 Å². The third-order valence-corrected chi connectivity index (χ3v) is 7.56. The molecule has 5 rings (SSSR count). The molecule has 202 valence electrons. The van der Waals surface area contributed by atoms with Crippen molar-refractivity contribution in [1.82, 2.24) is 24.2 Å². The number of aryl methyl sites for hydroxylation is 1. The molecule has 10 heteroatoms. The average Bonchev–Trinajstić information content (AvgIpc) is 3.27. The van der Waals surface area contributed by atoms with E-state index in [-0.39, 0.29) is 35.0 Å². The van der Waals surface area contributed by atoms with Crippen molar-refractivity contribution in [3.63, 3.8) is 0 Å². The van der Waals surface area contributed by atoms with E-state index in [0.717, 1.165) is 5.56 Å². The predicted molar refractivity (Wildman–Crippen MR) is 145 cm³/mol. The summed E-state index contributed by atoms with van der Waals surface area (Å²) in [6.45, 7) is 2.90. The highest BCUT2D eigenvalue weighted by Gasteiger charge is 2.35. The van der Waals surface area contributed by atoms with E-state index < -0.39 is 11.6 Å². The number of likely N-dealkylation sites (tertiary alicyclic amines) is 1. The lowest BCUT2D eigenvalue weighted by Crippen LogP contribution is -2.49. The number of hydrogen-bond donors (Lipinski definition) is 2. The van der Waals surface area contributed by atoms with Crippen molar-refractivity contribution in [3.8, 4) is 11.3 Å². The van der Waals surface area contributed by atoms with E-state index in [1.165, 1.54) is 27.7 Å². The third kappa shape index (κ3) is 5.33. The van der Waals surface area contributed by atoms with Crippen LogP contribution in [0.25, 0.3) is 22.3 Å². The summed E-state index contributed by atoms with van der Waals surface area (Å²) in [6.07, 6.45) is 2.49. The van der Waals surface area contributed by atoms with Crippen LogP contribution < -0.4 is 5.56 Å². The van der Waals surface area contributed by atoms with Crippen LogP contribution in [0.1, 0.15) is 48.0 Å². The Labute approximate surface area is 225 Å². The van der Waals surface area contributed by atoms with Crippen LogP contribution in [0.3, 0.4) is 0 Å². The third-order valence-electron chi connectivity index (χ3n) is 7.56. The van der Waals surface area contributed by atoms with E-state index >= 15 is 0 Å². The van der Waals surface area contributed by atoms with Crippen molar-refractivity contribution in [3.05, 3.63) is 82.4 Å². The van der Waals surface area contributed by atoms with Gasteiger partial charge < -0.3 is 15.1 Å². The first-order chi connectivity index (χ1) is 18.6. The molecule has 0 aliphatic carbocycles. The summed E-state index contributed by atoms with van der Waals surface area (Å²) in [6, 6.07) is 16.3. The molecule has 1 aliphatic rings. The maximum atomic E-state index is 13.3. The lowest BCUT2D eigenvalue weighted by atomic mass is 9.90. The number of carbonyl (C=O) groups excluding carboxylic acids is 1. The summed E-state index contributed by atoms with van der Waals surface area (Å²) in [7, 11) is 1.67. The van der Waals surface area contributed by atoms with Gasteiger partial charge in [-0.05, 0) is 36.5 Å². The fraction of sp³-hybridized carbons (Fsp3) is 0.345. The first-order valence-corrected chi connectivity index (χ1v) is 13.0. The molecule has 0 saturated carbocycles. The molecular formula is C29H31N5O5. The van der Waals surface area contributed by atoms with E-state index in [0.29, 0.717) is 49.1 Å². The minimum absolute atomic E-state index is 0.0393. The summed E-state index contributed by atoms with van der Waals surface area (Å²) in [4.78, 5) is 43.9. The van der Waals surface area contributed by atoms with Crippen LogP contribution in [-0.4, -0.2) is 65.0 Å². The van der Waals surface area contributed by atoms with Crippen LogP contribution >= 0.6 is 0 Å². The number of hydrogen-bond acceptors (Lipinski definition) is 6. The summed E-state index contributed by atoms with van der Waals surface area (Å²) in [5.74, 6) is -0.891. The number of nitrogens with zero attached hydrogens (tertiary/aromatic N) is 5. The quantitative estimate of drug-likeness (QED) is 0.376. The zero-order chi connectivity index (χ0) is 27.7. The second-order valence-electron chi connectivity index (χ2n) is 10.4. The Morgan fingerprint density at radius 2 is 1.77 bits per heavy atom. The van der Waals surface area contributed by atoms with Gasteiger partial charge in [-0.3, -0.25) is 18.8 Å². The molecule has 39 heavy (non-hydrogen) atoms. The number of piperidine rings is 1. The van der Waals surface area contributed by atoms with Crippen LogP contribution in [0.5, 0.6) is 0 Å². The highest BCUT2D eigenvalue weighted by Crippen LogP contribution is 2.28. The van der Waals surface area contributed by atoms with Crippen molar-refractivity contribution in [1.29, 1.82) is 0 Å². The molecule has 1 fully saturated rings. The Bertz CT molecular complexity index is 1580. The monoisotopic (exact) mass is 529 g/mol. The molecule has 2 N–H and O–H groups in total. The Balaban J connectivity index is 1.30. The number of carboxylic acids is 1. The van der Waals surface area contributed by atoms with Gasteiger partial charge >= 0.3 is 5.97 Å². The Morgan fingerprint density at radius 3 is 2.46 bits per heavy atom. The largest absolute Gasteiger partial charge is 0.478 e. The Hall–Kier alpha value is -4.31. The van der Waals surface area contributed by atoms with Crippen molar-refractivity contribution in [2.75, 3.05) is 13.1 Å². The number of amides is 1. The zero-order valence-electron chi connectivity index (χ0n) is 21.9. The van der Waals surface area contributed by atoms with E-state index in [1.54, 1.807) is 24.1 Å². The molecule has 2 aromatic carbocycles. The average molecular weight is 530 g/mol. The van der Waals surface area contributed by atoms with Gasteiger partial charge in [-0.15, -0.1) is 0 Å². The molecule has 1 atom stereocenters. The number of carboxylic acid groups (broad SMARTS) is 1. The molecule has 4 aromatic rings. The molecule has 0 spiro atoms. The van der Waals surface area contributed by atoms with Gasteiger partial charge in [0, 0.05) is 32.1 Å². The van der Waals surface area contributed by atoms with Gasteiger partial charge in [0.15, 0.2) is 5.52 Å². The molecular weight excluding hydrogens is 498 g/mol. The van der Waals surface area contributed by atoms with Gasteiger partial charge in [0.2, 0.25) is 5.91 Å². The van der Waals surface area contributed by atoms with Crippen molar-refractivity contribution >= 4 is 22.9 Å². The number of carbonyl (C=O) groups is 2. The van der Waals surface area contributed by atoms with E-state index in [2.05, 4.69) is 10.1 Å². The van der Waals surface area contributed by atoms with Crippen LogP contribution in [-0.2, 0) is 18.4 Å². The smallest absolute Gasteiger partial charge is 0.335 e.